The highest BCUT2D eigenvalue weighted by Crippen LogP contribution is 2.11. The average Bonchev–Trinajstić information content (AvgIpc) is 2.96. The smallest absolute Gasteiger partial charge is 0.306 e. The highest BCUT2D eigenvalue weighted by molar-refractivity contribution is 5.70. The van der Waals surface area contributed by atoms with E-state index < -0.39 is 6.10 Å². The number of carbonyl (C=O) groups excluding carboxylic acids is 2. The van der Waals surface area contributed by atoms with E-state index in [0.29, 0.717) is 12.8 Å². The van der Waals surface area contributed by atoms with E-state index >= 15 is 0 Å². The lowest BCUT2D eigenvalue weighted by Crippen LogP contribution is -2.28. The predicted molar refractivity (Wildman–Crippen MR) is 168 cm³/mol. The van der Waals surface area contributed by atoms with Crippen LogP contribution in [0.25, 0.3) is 0 Å². The summed E-state index contributed by atoms with van der Waals surface area (Å²) in [6, 6.07) is 0. The van der Waals surface area contributed by atoms with Crippen molar-refractivity contribution in [1.29, 1.82) is 0 Å². The van der Waals surface area contributed by atoms with Crippen molar-refractivity contribution < 1.29 is 24.2 Å². The van der Waals surface area contributed by atoms with Gasteiger partial charge in [0.15, 0.2) is 6.10 Å². The van der Waals surface area contributed by atoms with Crippen LogP contribution < -0.4 is 0 Å². The molecule has 0 spiro atoms. The van der Waals surface area contributed by atoms with E-state index in [0.717, 1.165) is 64.2 Å². The fourth-order valence-electron chi connectivity index (χ4n) is 4.33. The molecule has 0 fully saturated rings. The SMILES string of the molecule is CCCC/C=C\C/C=C\CCCCCCCC(=O)OC(CO)COC(=O)CCCCCCC/C=C\CCCCC. The van der Waals surface area contributed by atoms with Crippen LogP contribution in [-0.2, 0) is 19.1 Å². The van der Waals surface area contributed by atoms with Crippen LogP contribution in [-0.4, -0.2) is 36.4 Å². The second-order valence-electron chi connectivity index (χ2n) is 10.9. The molecule has 0 aromatic heterocycles. The molecule has 0 amide bonds. The van der Waals surface area contributed by atoms with E-state index in [1.807, 2.05) is 0 Å². The first-order valence-electron chi connectivity index (χ1n) is 16.5. The molecule has 0 aromatic rings. The minimum absolute atomic E-state index is 0.0757. The molecule has 0 heterocycles. The molecule has 0 aliphatic carbocycles. The van der Waals surface area contributed by atoms with E-state index in [4.69, 9.17) is 9.47 Å². The van der Waals surface area contributed by atoms with Crippen molar-refractivity contribution in [2.75, 3.05) is 13.2 Å². The van der Waals surface area contributed by atoms with Gasteiger partial charge in [0.05, 0.1) is 6.61 Å². The second kappa shape index (κ2) is 31.6. The lowest BCUT2D eigenvalue weighted by molar-refractivity contribution is -0.161. The zero-order valence-corrected chi connectivity index (χ0v) is 26.1. The average molecular weight is 563 g/mol. The van der Waals surface area contributed by atoms with Crippen molar-refractivity contribution in [3.05, 3.63) is 36.5 Å². The maximum atomic E-state index is 12.1. The molecule has 0 radical (unpaired) electrons. The highest BCUT2D eigenvalue weighted by Gasteiger charge is 2.16. The van der Waals surface area contributed by atoms with Gasteiger partial charge in [-0.05, 0) is 64.2 Å². The molecule has 5 nitrogen and oxygen atoms in total. The van der Waals surface area contributed by atoms with E-state index in [1.54, 1.807) is 0 Å². The molecule has 5 heteroatoms. The molecule has 0 saturated carbocycles. The minimum Gasteiger partial charge on any atom is -0.462 e. The number of esters is 2. The second-order valence-corrected chi connectivity index (χ2v) is 10.9. The van der Waals surface area contributed by atoms with Gasteiger partial charge >= 0.3 is 11.9 Å². The van der Waals surface area contributed by atoms with Gasteiger partial charge < -0.3 is 14.6 Å². The van der Waals surface area contributed by atoms with Crippen molar-refractivity contribution in [1.82, 2.24) is 0 Å². The predicted octanol–water partition coefficient (Wildman–Crippen LogP) is 9.72. The number of allylic oxidation sites excluding steroid dienone is 6. The third-order valence-corrected chi connectivity index (χ3v) is 6.91. The number of ether oxygens (including phenoxy) is 2. The van der Waals surface area contributed by atoms with Crippen LogP contribution >= 0.6 is 0 Å². The molecule has 0 rings (SSSR count). The lowest BCUT2D eigenvalue weighted by atomic mass is 10.1. The summed E-state index contributed by atoms with van der Waals surface area (Å²) in [6.07, 6.45) is 36.2. The van der Waals surface area contributed by atoms with Crippen molar-refractivity contribution in [2.24, 2.45) is 0 Å². The van der Waals surface area contributed by atoms with Crippen molar-refractivity contribution in [3.8, 4) is 0 Å². The van der Waals surface area contributed by atoms with Crippen LogP contribution in [0.5, 0.6) is 0 Å². The zero-order valence-electron chi connectivity index (χ0n) is 26.1. The number of aliphatic hydroxyl groups is 1. The van der Waals surface area contributed by atoms with Gasteiger partial charge in [-0.2, -0.15) is 0 Å². The summed E-state index contributed by atoms with van der Waals surface area (Å²) in [7, 11) is 0. The normalized spacial score (nSPS) is 12.6. The summed E-state index contributed by atoms with van der Waals surface area (Å²) in [4.78, 5) is 24.1. The molecule has 0 saturated heterocycles. The summed E-state index contributed by atoms with van der Waals surface area (Å²) in [6.45, 7) is 4.03. The van der Waals surface area contributed by atoms with Gasteiger partial charge in [0, 0.05) is 12.8 Å². The monoisotopic (exact) mass is 562 g/mol. The summed E-state index contributed by atoms with van der Waals surface area (Å²) >= 11 is 0. The van der Waals surface area contributed by atoms with Crippen LogP contribution in [0, 0.1) is 0 Å². The molecule has 40 heavy (non-hydrogen) atoms. The van der Waals surface area contributed by atoms with Gasteiger partial charge in [0.25, 0.3) is 0 Å². The van der Waals surface area contributed by atoms with Gasteiger partial charge in [-0.3, -0.25) is 9.59 Å². The first kappa shape index (κ1) is 38.1. The van der Waals surface area contributed by atoms with E-state index in [2.05, 4.69) is 50.3 Å². The van der Waals surface area contributed by atoms with Gasteiger partial charge in [0.1, 0.15) is 6.61 Å². The molecule has 0 bridgehead atoms. The fraction of sp³-hybridized carbons (Fsp3) is 0.771. The van der Waals surface area contributed by atoms with Gasteiger partial charge in [0.2, 0.25) is 0 Å². The fourth-order valence-corrected chi connectivity index (χ4v) is 4.33. The minimum atomic E-state index is -0.778. The molecule has 1 N–H and O–H groups in total. The Balaban J connectivity index is 3.64. The topological polar surface area (TPSA) is 72.8 Å². The molecule has 1 atom stereocenters. The number of hydrogen-bond donors (Lipinski definition) is 1. The van der Waals surface area contributed by atoms with E-state index in [-0.39, 0.29) is 25.2 Å². The quantitative estimate of drug-likeness (QED) is 0.0558. The van der Waals surface area contributed by atoms with Gasteiger partial charge in [-0.15, -0.1) is 0 Å². The largest absolute Gasteiger partial charge is 0.462 e. The van der Waals surface area contributed by atoms with Crippen LogP contribution in [0.2, 0.25) is 0 Å². The molecular formula is C35H62O5. The van der Waals surface area contributed by atoms with Crippen molar-refractivity contribution >= 4 is 11.9 Å². The Labute approximate surface area is 246 Å². The van der Waals surface area contributed by atoms with Crippen LogP contribution in [0.3, 0.4) is 0 Å². The highest BCUT2D eigenvalue weighted by atomic mass is 16.6. The third kappa shape index (κ3) is 29.1. The Hall–Kier alpha value is -1.88. The van der Waals surface area contributed by atoms with E-state index in [9.17, 15) is 14.7 Å². The molecule has 0 aromatic carbocycles. The van der Waals surface area contributed by atoms with Crippen LogP contribution in [0.1, 0.15) is 155 Å². The molecule has 1 unspecified atom stereocenters. The Kier molecular flexibility index (Phi) is 30.2. The van der Waals surface area contributed by atoms with Crippen molar-refractivity contribution in [2.45, 2.75) is 161 Å². The van der Waals surface area contributed by atoms with Crippen molar-refractivity contribution in [3.63, 3.8) is 0 Å². The Morgan fingerprint density at radius 2 is 1.02 bits per heavy atom. The summed E-state index contributed by atoms with van der Waals surface area (Å²) in [5.41, 5.74) is 0. The summed E-state index contributed by atoms with van der Waals surface area (Å²) < 4.78 is 10.5. The summed E-state index contributed by atoms with van der Waals surface area (Å²) in [5.74, 6) is -0.622. The number of hydrogen-bond acceptors (Lipinski definition) is 5. The number of aliphatic hydroxyl groups excluding tert-OH is 1. The number of carbonyl (C=O) groups is 2. The maximum Gasteiger partial charge on any atom is 0.306 e. The first-order valence-corrected chi connectivity index (χ1v) is 16.5. The molecule has 0 aliphatic heterocycles. The van der Waals surface area contributed by atoms with Gasteiger partial charge in [-0.25, -0.2) is 0 Å². The number of unbranched alkanes of at least 4 members (excludes halogenated alkanes) is 15. The Morgan fingerprint density at radius 3 is 1.57 bits per heavy atom. The lowest BCUT2D eigenvalue weighted by Gasteiger charge is -2.15. The first-order chi connectivity index (χ1) is 19.6. The Bertz CT molecular complexity index is 652. The maximum absolute atomic E-state index is 12.1. The molecule has 0 aliphatic rings. The zero-order chi connectivity index (χ0) is 29.4. The van der Waals surface area contributed by atoms with Crippen LogP contribution in [0.4, 0.5) is 0 Å². The van der Waals surface area contributed by atoms with Gasteiger partial charge in [-0.1, -0.05) is 115 Å². The Morgan fingerprint density at radius 1 is 0.575 bits per heavy atom. The van der Waals surface area contributed by atoms with E-state index in [1.165, 1.54) is 64.2 Å². The molecule has 232 valence electrons. The number of rotatable bonds is 29. The van der Waals surface area contributed by atoms with Crippen LogP contribution in [0.15, 0.2) is 36.5 Å². The third-order valence-electron chi connectivity index (χ3n) is 6.91. The summed E-state index contributed by atoms with van der Waals surface area (Å²) in [5, 5.41) is 9.49. The molecular weight excluding hydrogens is 500 g/mol. The standard InChI is InChI=1S/C35H62O5/c1-3-5-7-9-11-13-15-17-18-20-22-24-26-28-30-35(38)40-33(31-36)32-39-34(37)29-27-25-23-21-19-16-14-12-10-8-6-4-2/h9,11-12,14-15,17,33,36H,3-8,10,13,16,18-32H2,1-2H3/b11-9-,14-12-,17-15-.